The highest BCUT2D eigenvalue weighted by molar-refractivity contribution is 6.22. The topological polar surface area (TPSA) is 35.6 Å². The summed E-state index contributed by atoms with van der Waals surface area (Å²) < 4.78 is 4.65. The number of hydrogen-bond acceptors (Lipinski definition) is 2. The summed E-state index contributed by atoms with van der Waals surface area (Å²) in [5.74, 6) is 0.657. The number of fused-ring (bicyclic) bond motifs is 10. The van der Waals surface area contributed by atoms with Crippen molar-refractivity contribution in [3.8, 4) is 45.1 Å². The van der Waals surface area contributed by atoms with E-state index in [1.165, 1.54) is 70.8 Å². The Balaban J connectivity index is 0.983. The zero-order chi connectivity index (χ0) is 40.7. The molecule has 0 aliphatic heterocycles. The second kappa shape index (κ2) is 13.6. The van der Waals surface area contributed by atoms with Gasteiger partial charge in [-0.3, -0.25) is 4.57 Å². The molecule has 0 bridgehead atoms. The molecule has 4 heteroatoms. The third-order valence-electron chi connectivity index (χ3n) is 12.7. The maximum atomic E-state index is 5.35. The first kappa shape index (κ1) is 34.5. The zero-order valence-electron chi connectivity index (χ0n) is 33.6. The molecule has 10 aromatic carbocycles. The van der Waals surface area contributed by atoms with Crippen LogP contribution in [0.1, 0.15) is 0 Å². The lowest BCUT2D eigenvalue weighted by atomic mass is 9.98. The maximum absolute atomic E-state index is 5.35. The van der Waals surface area contributed by atoms with E-state index in [-0.39, 0.29) is 0 Å². The van der Waals surface area contributed by atoms with Crippen molar-refractivity contribution in [3.05, 3.63) is 218 Å². The fourth-order valence-corrected chi connectivity index (χ4v) is 9.86. The van der Waals surface area contributed by atoms with Crippen molar-refractivity contribution in [2.24, 2.45) is 0 Å². The standard InChI is InChI=1S/C58H36N4/c1-2-15-40(16-3-1)57-48-21-8-10-23-51(48)59-58(60-57)62-54-33-29-42(36-50(54)56-46-19-7-5-14-38(46)27-34-55(56)62)41-28-32-53-49(35-41)47-20-9-11-24-52(47)61(53)43-30-25-39(26-31-43)45-22-12-17-37-13-4-6-18-44(37)45/h1-36H. The van der Waals surface area contributed by atoms with Crippen molar-refractivity contribution in [2.75, 3.05) is 0 Å². The van der Waals surface area contributed by atoms with Gasteiger partial charge in [0.05, 0.1) is 33.3 Å². The molecule has 13 rings (SSSR count). The molecule has 0 saturated carbocycles. The summed E-state index contributed by atoms with van der Waals surface area (Å²) in [6.45, 7) is 0. The third-order valence-corrected chi connectivity index (χ3v) is 12.7. The van der Waals surface area contributed by atoms with Crippen LogP contribution >= 0.6 is 0 Å². The predicted octanol–water partition coefficient (Wildman–Crippen LogP) is 15.1. The molecular weight excluding hydrogens is 753 g/mol. The minimum atomic E-state index is 0.657. The number of benzene rings is 10. The molecule has 0 fully saturated rings. The average molecular weight is 789 g/mol. The summed E-state index contributed by atoms with van der Waals surface area (Å²) in [7, 11) is 0. The van der Waals surface area contributed by atoms with Gasteiger partial charge < -0.3 is 4.57 Å². The molecule has 0 atom stereocenters. The molecule has 3 aromatic heterocycles. The molecule has 13 aromatic rings. The van der Waals surface area contributed by atoms with Crippen LogP contribution in [-0.2, 0) is 0 Å². The van der Waals surface area contributed by atoms with Crippen LogP contribution in [0.3, 0.4) is 0 Å². The van der Waals surface area contributed by atoms with Gasteiger partial charge in [-0.05, 0) is 98.4 Å². The molecule has 0 amide bonds. The fourth-order valence-electron chi connectivity index (χ4n) is 9.86. The van der Waals surface area contributed by atoms with Crippen LogP contribution in [0.25, 0.3) is 121 Å². The third kappa shape index (κ3) is 5.27. The van der Waals surface area contributed by atoms with E-state index in [0.29, 0.717) is 5.95 Å². The SMILES string of the molecule is c1ccc(-c2nc(-n3c4ccc(-c5ccc6c(c5)c5ccccc5n6-c5ccc(-c6cccc7ccccc67)cc5)cc4c4c5ccccc5ccc43)nc3ccccc23)cc1. The Labute approximate surface area is 357 Å². The second-order valence-corrected chi connectivity index (χ2v) is 16.2. The van der Waals surface area contributed by atoms with Crippen LogP contribution < -0.4 is 0 Å². The van der Waals surface area contributed by atoms with E-state index in [2.05, 4.69) is 221 Å². The molecule has 0 unspecified atom stereocenters. The van der Waals surface area contributed by atoms with Gasteiger partial charge in [0.2, 0.25) is 5.95 Å². The van der Waals surface area contributed by atoms with Crippen LogP contribution in [-0.4, -0.2) is 19.1 Å². The van der Waals surface area contributed by atoms with E-state index < -0.39 is 0 Å². The van der Waals surface area contributed by atoms with Crippen LogP contribution in [0.2, 0.25) is 0 Å². The van der Waals surface area contributed by atoms with Gasteiger partial charge in [0.1, 0.15) is 0 Å². The van der Waals surface area contributed by atoms with E-state index in [9.17, 15) is 0 Å². The van der Waals surface area contributed by atoms with Gasteiger partial charge in [-0.15, -0.1) is 0 Å². The second-order valence-electron chi connectivity index (χ2n) is 16.2. The van der Waals surface area contributed by atoms with E-state index in [1.807, 2.05) is 6.07 Å². The molecule has 0 radical (unpaired) electrons. The Hall–Kier alpha value is -8.34. The summed E-state index contributed by atoms with van der Waals surface area (Å²) in [4.78, 5) is 10.6. The lowest BCUT2D eigenvalue weighted by molar-refractivity contribution is 1.01. The highest BCUT2D eigenvalue weighted by atomic mass is 15.2. The summed E-state index contributed by atoms with van der Waals surface area (Å²) in [6, 6.07) is 78.7. The summed E-state index contributed by atoms with van der Waals surface area (Å²) >= 11 is 0. The lowest BCUT2D eigenvalue weighted by Crippen LogP contribution is -2.03. The number of nitrogens with zero attached hydrogens (tertiary/aromatic N) is 4. The predicted molar refractivity (Wildman–Crippen MR) is 260 cm³/mol. The highest BCUT2D eigenvalue weighted by Crippen LogP contribution is 2.41. The van der Waals surface area contributed by atoms with Crippen molar-refractivity contribution in [1.29, 1.82) is 0 Å². The molecule has 3 heterocycles. The van der Waals surface area contributed by atoms with Crippen molar-refractivity contribution in [1.82, 2.24) is 19.1 Å². The van der Waals surface area contributed by atoms with Crippen LogP contribution in [0.4, 0.5) is 0 Å². The minimum Gasteiger partial charge on any atom is -0.309 e. The Bertz CT molecular complexity index is 3910. The van der Waals surface area contributed by atoms with Crippen molar-refractivity contribution in [3.63, 3.8) is 0 Å². The quantitative estimate of drug-likeness (QED) is 0.174. The molecular formula is C58H36N4. The first-order chi connectivity index (χ1) is 30.7. The summed E-state index contributed by atoms with van der Waals surface area (Å²) in [6.07, 6.45) is 0. The van der Waals surface area contributed by atoms with Gasteiger partial charge in [-0.25, -0.2) is 9.97 Å². The molecule has 4 nitrogen and oxygen atoms in total. The average Bonchev–Trinajstić information content (AvgIpc) is 3.86. The summed E-state index contributed by atoms with van der Waals surface area (Å²) in [5, 5.41) is 10.8. The Morgan fingerprint density at radius 2 is 0.887 bits per heavy atom. The van der Waals surface area contributed by atoms with Gasteiger partial charge in [-0.1, -0.05) is 164 Å². The first-order valence-electron chi connectivity index (χ1n) is 21.2. The van der Waals surface area contributed by atoms with E-state index >= 15 is 0 Å². The van der Waals surface area contributed by atoms with Gasteiger partial charge in [0, 0.05) is 38.2 Å². The largest absolute Gasteiger partial charge is 0.309 e. The first-order valence-corrected chi connectivity index (χ1v) is 21.2. The van der Waals surface area contributed by atoms with E-state index in [1.54, 1.807) is 0 Å². The summed E-state index contributed by atoms with van der Waals surface area (Å²) in [5.41, 5.74) is 13.3. The van der Waals surface area contributed by atoms with Gasteiger partial charge in [-0.2, -0.15) is 0 Å². The lowest BCUT2D eigenvalue weighted by Gasteiger charge is -2.12. The highest BCUT2D eigenvalue weighted by Gasteiger charge is 2.20. The monoisotopic (exact) mass is 788 g/mol. The molecule has 62 heavy (non-hydrogen) atoms. The van der Waals surface area contributed by atoms with Gasteiger partial charge >= 0.3 is 0 Å². The van der Waals surface area contributed by atoms with Crippen LogP contribution in [0.5, 0.6) is 0 Å². The van der Waals surface area contributed by atoms with Crippen LogP contribution in [0, 0.1) is 0 Å². The number of hydrogen-bond donors (Lipinski definition) is 0. The molecule has 0 spiro atoms. The minimum absolute atomic E-state index is 0.657. The van der Waals surface area contributed by atoms with E-state index in [0.717, 1.165) is 44.4 Å². The Morgan fingerprint density at radius 3 is 1.69 bits per heavy atom. The van der Waals surface area contributed by atoms with E-state index in [4.69, 9.17) is 9.97 Å². The molecule has 0 saturated heterocycles. The molecule has 288 valence electrons. The number of para-hydroxylation sites is 2. The number of rotatable bonds is 5. The smallest absolute Gasteiger partial charge is 0.235 e. The number of aromatic nitrogens is 4. The molecule has 0 aliphatic rings. The fraction of sp³-hybridized carbons (Fsp3) is 0. The van der Waals surface area contributed by atoms with Gasteiger partial charge in [0.25, 0.3) is 0 Å². The molecule has 0 N–H and O–H groups in total. The Kier molecular flexibility index (Phi) is 7.57. The van der Waals surface area contributed by atoms with Crippen LogP contribution in [0.15, 0.2) is 218 Å². The van der Waals surface area contributed by atoms with Crippen molar-refractivity contribution < 1.29 is 0 Å². The van der Waals surface area contributed by atoms with Crippen molar-refractivity contribution in [2.45, 2.75) is 0 Å². The molecule has 0 aliphatic carbocycles. The van der Waals surface area contributed by atoms with Crippen molar-refractivity contribution >= 4 is 76.1 Å². The van der Waals surface area contributed by atoms with Gasteiger partial charge in [0.15, 0.2) is 0 Å². The maximum Gasteiger partial charge on any atom is 0.235 e. The zero-order valence-corrected chi connectivity index (χ0v) is 33.6. The Morgan fingerprint density at radius 1 is 0.306 bits per heavy atom. The normalized spacial score (nSPS) is 11.9.